The fourth-order valence-corrected chi connectivity index (χ4v) is 1.99. The Morgan fingerprint density at radius 3 is 2.76 bits per heavy atom. The van der Waals surface area contributed by atoms with E-state index in [-0.39, 0.29) is 18.5 Å². The molecule has 3 N–H and O–H groups in total. The van der Waals surface area contributed by atoms with Crippen LogP contribution in [0.2, 0.25) is 0 Å². The first-order chi connectivity index (χ1) is 8.06. The molecular weight excluding hydrogens is 221 g/mol. The van der Waals surface area contributed by atoms with E-state index in [0.717, 1.165) is 0 Å². The summed E-state index contributed by atoms with van der Waals surface area (Å²) in [6.45, 7) is 3.73. The highest BCUT2D eigenvalue weighted by Crippen LogP contribution is 2.25. The van der Waals surface area contributed by atoms with Gasteiger partial charge in [-0.3, -0.25) is 0 Å². The lowest BCUT2D eigenvalue weighted by atomic mass is 10.2. The smallest absolute Gasteiger partial charge is 0.151 e. The third-order valence-electron chi connectivity index (χ3n) is 2.74. The van der Waals surface area contributed by atoms with E-state index in [1.807, 2.05) is 18.4 Å². The number of hydrogen-bond donors (Lipinski definition) is 2. The molecule has 2 aromatic rings. The number of aliphatic hydroxyl groups excluding tert-OH is 1. The van der Waals surface area contributed by atoms with Crippen LogP contribution in [0, 0.1) is 5.82 Å². The number of fused-ring (bicyclic) bond motifs is 1. The molecule has 4 nitrogen and oxygen atoms in total. The Kier molecular flexibility index (Phi) is 3.13. The maximum absolute atomic E-state index is 13.6. The van der Waals surface area contributed by atoms with Gasteiger partial charge in [-0.05, 0) is 26.0 Å². The van der Waals surface area contributed by atoms with Crippen LogP contribution in [-0.4, -0.2) is 21.3 Å². The van der Waals surface area contributed by atoms with Crippen molar-refractivity contribution in [3.63, 3.8) is 0 Å². The highest BCUT2D eigenvalue weighted by molar-refractivity contribution is 5.77. The van der Waals surface area contributed by atoms with Crippen molar-refractivity contribution in [2.24, 2.45) is 5.73 Å². The highest BCUT2D eigenvalue weighted by atomic mass is 19.1. The van der Waals surface area contributed by atoms with Gasteiger partial charge in [0.1, 0.15) is 11.3 Å². The van der Waals surface area contributed by atoms with Gasteiger partial charge in [0.2, 0.25) is 0 Å². The summed E-state index contributed by atoms with van der Waals surface area (Å²) in [5, 5.41) is 9.12. The first-order valence-corrected chi connectivity index (χ1v) is 5.59. The summed E-state index contributed by atoms with van der Waals surface area (Å²) < 4.78 is 15.5. The summed E-state index contributed by atoms with van der Waals surface area (Å²) in [7, 11) is 0. The van der Waals surface area contributed by atoms with Crippen molar-refractivity contribution in [2.75, 3.05) is 6.61 Å². The van der Waals surface area contributed by atoms with Crippen LogP contribution in [-0.2, 0) is 0 Å². The Morgan fingerprint density at radius 2 is 2.18 bits per heavy atom. The standard InChI is InChI=1S/C12H16FN3O/c1-7(2)16-10-5-3-4-8(13)11(10)15-12(16)9(14)6-17/h3-5,7,9,17H,6,14H2,1-2H3. The molecule has 0 aliphatic rings. The second-order valence-corrected chi connectivity index (χ2v) is 4.33. The van der Waals surface area contributed by atoms with Gasteiger partial charge in [-0.25, -0.2) is 9.37 Å². The van der Waals surface area contributed by atoms with Gasteiger partial charge in [0.15, 0.2) is 5.82 Å². The van der Waals surface area contributed by atoms with Gasteiger partial charge < -0.3 is 15.4 Å². The number of nitrogens with two attached hydrogens (primary N) is 1. The molecule has 0 saturated heterocycles. The Labute approximate surface area is 98.9 Å². The molecule has 0 aliphatic heterocycles. The van der Waals surface area contributed by atoms with Crippen LogP contribution in [0.25, 0.3) is 11.0 Å². The van der Waals surface area contributed by atoms with Crippen molar-refractivity contribution in [1.29, 1.82) is 0 Å². The molecule has 5 heteroatoms. The Morgan fingerprint density at radius 1 is 1.47 bits per heavy atom. The van der Waals surface area contributed by atoms with Crippen molar-refractivity contribution in [3.8, 4) is 0 Å². The van der Waals surface area contributed by atoms with Crippen LogP contribution in [0.15, 0.2) is 18.2 Å². The van der Waals surface area contributed by atoms with Crippen LogP contribution >= 0.6 is 0 Å². The minimum Gasteiger partial charge on any atom is -0.394 e. The first kappa shape index (κ1) is 12.0. The van der Waals surface area contributed by atoms with Crippen molar-refractivity contribution in [1.82, 2.24) is 9.55 Å². The Hall–Kier alpha value is -1.46. The molecular formula is C12H16FN3O. The molecule has 2 rings (SSSR count). The molecule has 0 spiro atoms. The van der Waals surface area contributed by atoms with E-state index in [9.17, 15) is 4.39 Å². The van der Waals surface area contributed by atoms with Crippen LogP contribution in [0.4, 0.5) is 4.39 Å². The molecule has 0 radical (unpaired) electrons. The molecule has 92 valence electrons. The van der Waals surface area contributed by atoms with E-state index in [4.69, 9.17) is 10.8 Å². The fraction of sp³-hybridized carbons (Fsp3) is 0.417. The number of benzene rings is 1. The van der Waals surface area contributed by atoms with Gasteiger partial charge in [0, 0.05) is 6.04 Å². The quantitative estimate of drug-likeness (QED) is 0.854. The molecule has 1 unspecified atom stereocenters. The Balaban J connectivity index is 2.75. The molecule has 0 bridgehead atoms. The van der Waals surface area contributed by atoms with Crippen molar-refractivity contribution < 1.29 is 9.50 Å². The van der Waals surface area contributed by atoms with Gasteiger partial charge in [-0.1, -0.05) is 6.07 Å². The molecule has 0 aliphatic carbocycles. The molecule has 0 amide bonds. The van der Waals surface area contributed by atoms with Crippen LogP contribution in [0.5, 0.6) is 0 Å². The number of imidazole rings is 1. The second kappa shape index (κ2) is 4.43. The lowest BCUT2D eigenvalue weighted by Gasteiger charge is -2.15. The number of aliphatic hydroxyl groups is 1. The van der Waals surface area contributed by atoms with E-state index in [0.29, 0.717) is 16.9 Å². The monoisotopic (exact) mass is 237 g/mol. The maximum Gasteiger partial charge on any atom is 0.151 e. The van der Waals surface area contributed by atoms with Gasteiger partial charge in [0.25, 0.3) is 0 Å². The molecule has 17 heavy (non-hydrogen) atoms. The number of halogens is 1. The molecule has 1 aromatic heterocycles. The van der Waals surface area contributed by atoms with E-state index in [2.05, 4.69) is 4.98 Å². The molecule has 1 aromatic carbocycles. The summed E-state index contributed by atoms with van der Waals surface area (Å²) >= 11 is 0. The SMILES string of the molecule is CC(C)n1c(C(N)CO)nc2c(F)cccc21. The minimum atomic E-state index is -0.593. The minimum absolute atomic E-state index is 0.106. The summed E-state index contributed by atoms with van der Waals surface area (Å²) in [6.07, 6.45) is 0. The molecule has 1 atom stereocenters. The number of para-hydroxylation sites is 1. The topological polar surface area (TPSA) is 64.1 Å². The largest absolute Gasteiger partial charge is 0.394 e. The molecule has 1 heterocycles. The highest BCUT2D eigenvalue weighted by Gasteiger charge is 2.19. The van der Waals surface area contributed by atoms with Gasteiger partial charge >= 0.3 is 0 Å². The van der Waals surface area contributed by atoms with Gasteiger partial charge in [0.05, 0.1) is 18.2 Å². The average Bonchev–Trinajstić information content (AvgIpc) is 2.68. The predicted octanol–water partition coefficient (Wildman–Crippen LogP) is 1.75. The van der Waals surface area contributed by atoms with Crippen molar-refractivity contribution in [2.45, 2.75) is 25.9 Å². The van der Waals surface area contributed by atoms with Crippen LogP contribution in [0.1, 0.15) is 31.8 Å². The number of aromatic nitrogens is 2. The third-order valence-corrected chi connectivity index (χ3v) is 2.74. The Bertz CT molecular complexity index is 536. The lowest BCUT2D eigenvalue weighted by Crippen LogP contribution is -2.20. The third kappa shape index (κ3) is 1.92. The zero-order valence-corrected chi connectivity index (χ0v) is 9.89. The number of hydrogen-bond acceptors (Lipinski definition) is 3. The second-order valence-electron chi connectivity index (χ2n) is 4.33. The van der Waals surface area contributed by atoms with Crippen molar-refractivity contribution >= 4 is 11.0 Å². The summed E-state index contributed by atoms with van der Waals surface area (Å²) in [5.41, 5.74) is 6.80. The summed E-state index contributed by atoms with van der Waals surface area (Å²) in [4.78, 5) is 4.21. The van der Waals surface area contributed by atoms with Crippen molar-refractivity contribution in [3.05, 3.63) is 29.8 Å². The lowest BCUT2D eigenvalue weighted by molar-refractivity contribution is 0.260. The molecule has 0 saturated carbocycles. The normalized spacial score (nSPS) is 13.5. The first-order valence-electron chi connectivity index (χ1n) is 5.59. The van der Waals surface area contributed by atoms with Crippen LogP contribution < -0.4 is 5.73 Å². The van der Waals surface area contributed by atoms with E-state index < -0.39 is 6.04 Å². The average molecular weight is 237 g/mol. The summed E-state index contributed by atoms with van der Waals surface area (Å²) in [6, 6.07) is 4.33. The van der Waals surface area contributed by atoms with E-state index >= 15 is 0 Å². The van der Waals surface area contributed by atoms with Gasteiger partial charge in [-0.15, -0.1) is 0 Å². The number of nitrogens with zero attached hydrogens (tertiary/aromatic N) is 2. The predicted molar refractivity (Wildman–Crippen MR) is 64.1 cm³/mol. The maximum atomic E-state index is 13.6. The van der Waals surface area contributed by atoms with E-state index in [1.54, 1.807) is 12.1 Å². The van der Waals surface area contributed by atoms with E-state index in [1.165, 1.54) is 6.07 Å². The zero-order chi connectivity index (χ0) is 12.6. The number of rotatable bonds is 3. The summed E-state index contributed by atoms with van der Waals surface area (Å²) in [5.74, 6) is 0.149. The fourth-order valence-electron chi connectivity index (χ4n) is 1.99. The van der Waals surface area contributed by atoms with Gasteiger partial charge in [-0.2, -0.15) is 0 Å². The zero-order valence-electron chi connectivity index (χ0n) is 9.89. The molecule has 0 fully saturated rings. The van der Waals surface area contributed by atoms with Crippen LogP contribution in [0.3, 0.4) is 0 Å².